The average Bonchev–Trinajstić information content (AvgIpc) is 2.50. The van der Waals surface area contributed by atoms with Crippen LogP contribution in [0, 0.1) is 6.92 Å². The summed E-state index contributed by atoms with van der Waals surface area (Å²) in [6.45, 7) is 5.21. The first-order valence-electron chi connectivity index (χ1n) is 7.90. The average molecular weight is 412 g/mol. The van der Waals surface area contributed by atoms with E-state index in [9.17, 15) is 5.11 Å². The molecule has 0 heterocycles. The molecule has 0 saturated carbocycles. The maximum atomic E-state index is 10.9. The minimum absolute atomic E-state index is 0.0314. The van der Waals surface area contributed by atoms with Crippen LogP contribution in [0.4, 0.5) is 0 Å². The van der Waals surface area contributed by atoms with E-state index in [-0.39, 0.29) is 5.75 Å². The predicted molar refractivity (Wildman–Crippen MR) is 107 cm³/mol. The molecular weight excluding hydrogens is 386 g/mol. The molecule has 5 nitrogen and oxygen atoms in total. The lowest BCUT2D eigenvalue weighted by molar-refractivity contribution is 0.273. The highest BCUT2D eigenvalue weighted by atomic mass is 32.5. The summed E-state index contributed by atoms with van der Waals surface area (Å²) >= 11 is 11.3. The van der Waals surface area contributed by atoms with Gasteiger partial charge in [-0.3, -0.25) is 0 Å². The molecule has 0 amide bonds. The van der Waals surface area contributed by atoms with Crippen LogP contribution in [0.3, 0.4) is 0 Å². The van der Waals surface area contributed by atoms with Gasteiger partial charge in [0.1, 0.15) is 5.75 Å². The van der Waals surface area contributed by atoms with Gasteiger partial charge in [-0.25, -0.2) is 0 Å². The lowest BCUT2D eigenvalue weighted by Crippen LogP contribution is -2.20. The number of hydrogen-bond donors (Lipinski definition) is 1. The van der Waals surface area contributed by atoms with E-state index in [0.29, 0.717) is 37.0 Å². The van der Waals surface area contributed by atoms with E-state index < -0.39 is 13.0 Å². The second kappa shape index (κ2) is 9.75. The molecule has 9 heteroatoms. The Balaban J connectivity index is 3.59. The van der Waals surface area contributed by atoms with E-state index in [1.165, 1.54) is 0 Å². The zero-order chi connectivity index (χ0) is 18.4. The molecule has 0 bridgehead atoms. The number of aromatic hydroxyl groups is 1. The molecule has 0 atom stereocenters. The van der Waals surface area contributed by atoms with Crippen LogP contribution in [-0.2, 0) is 41.7 Å². The number of aryl methyl sites for hydroxylation is 1. The van der Waals surface area contributed by atoms with Crippen molar-refractivity contribution in [3.05, 3.63) is 17.7 Å². The van der Waals surface area contributed by atoms with Crippen molar-refractivity contribution < 1.29 is 23.2 Å². The Morgan fingerprint density at radius 1 is 0.792 bits per heavy atom. The maximum Gasteiger partial charge on any atom is 0.223 e. The third-order valence-corrected chi connectivity index (χ3v) is 9.70. The normalized spacial score (nSPS) is 12.5. The number of rotatable bonds is 10. The van der Waals surface area contributed by atoms with Crippen LogP contribution in [0.25, 0.3) is 0 Å². The highest BCUT2D eigenvalue weighted by molar-refractivity contribution is 8.14. The number of phenolic OH excluding ortho intramolecular Hbond substituents is 1. The topological polar surface area (TPSA) is 57.2 Å². The smallest absolute Gasteiger partial charge is 0.223 e. The fraction of sp³-hybridized carbons (Fsp3) is 0.600. The molecular formula is C15H26O5P2S2. The second-order valence-corrected chi connectivity index (χ2v) is 11.7. The van der Waals surface area contributed by atoms with Crippen molar-refractivity contribution in [2.75, 3.05) is 26.4 Å². The van der Waals surface area contributed by atoms with Crippen LogP contribution in [0.2, 0.25) is 0 Å². The predicted octanol–water partition coefficient (Wildman–Crippen LogP) is 3.72. The minimum atomic E-state index is -2.83. The van der Waals surface area contributed by atoms with Gasteiger partial charge < -0.3 is 23.2 Å². The Morgan fingerprint density at radius 3 is 1.33 bits per heavy atom. The van der Waals surface area contributed by atoms with Gasteiger partial charge in [0.15, 0.2) is 0 Å². The summed E-state index contributed by atoms with van der Waals surface area (Å²) in [6, 6.07) is 3.59. The van der Waals surface area contributed by atoms with Gasteiger partial charge in [0.2, 0.25) is 13.0 Å². The van der Waals surface area contributed by atoms with E-state index in [2.05, 4.69) is 0 Å². The van der Waals surface area contributed by atoms with Crippen molar-refractivity contribution in [2.24, 2.45) is 0 Å². The third kappa shape index (κ3) is 5.09. The zero-order valence-corrected chi connectivity index (χ0v) is 18.2. The number of benzene rings is 1. The molecule has 0 unspecified atom stereocenters. The van der Waals surface area contributed by atoms with Crippen LogP contribution < -0.4 is 10.6 Å². The SMILES string of the molecule is CCOP(=S)(OCC)c1cc(C)cc(P(=S)(OCC)OCC)c1O. The minimum Gasteiger partial charge on any atom is -0.506 e. The first-order valence-corrected chi connectivity index (χ1v) is 13.2. The van der Waals surface area contributed by atoms with Crippen molar-refractivity contribution in [3.8, 4) is 5.75 Å². The van der Waals surface area contributed by atoms with Crippen LogP contribution in [0.15, 0.2) is 12.1 Å². The summed E-state index contributed by atoms with van der Waals surface area (Å²) in [5.74, 6) is -0.0314. The lowest BCUT2D eigenvalue weighted by Gasteiger charge is -2.27. The first-order chi connectivity index (χ1) is 11.3. The van der Waals surface area contributed by atoms with Gasteiger partial charge in [0, 0.05) is 0 Å². The van der Waals surface area contributed by atoms with E-state index in [4.69, 9.17) is 41.7 Å². The molecule has 1 aromatic rings. The highest BCUT2D eigenvalue weighted by Gasteiger charge is 2.32. The maximum absolute atomic E-state index is 10.9. The van der Waals surface area contributed by atoms with Crippen LogP contribution in [0.1, 0.15) is 33.3 Å². The molecule has 0 aliphatic carbocycles. The van der Waals surface area contributed by atoms with Crippen LogP contribution in [0.5, 0.6) is 5.75 Å². The second-order valence-electron chi connectivity index (χ2n) is 4.82. The van der Waals surface area contributed by atoms with Crippen molar-refractivity contribution in [1.29, 1.82) is 0 Å². The quantitative estimate of drug-likeness (QED) is 0.588. The van der Waals surface area contributed by atoms with Crippen molar-refractivity contribution in [2.45, 2.75) is 34.6 Å². The molecule has 0 fully saturated rings. The van der Waals surface area contributed by atoms with Gasteiger partial charge in [0.25, 0.3) is 0 Å². The summed E-state index contributed by atoms with van der Waals surface area (Å²) in [4.78, 5) is 0. The summed E-state index contributed by atoms with van der Waals surface area (Å²) < 4.78 is 22.9. The fourth-order valence-corrected chi connectivity index (χ4v) is 7.93. The van der Waals surface area contributed by atoms with E-state index >= 15 is 0 Å². The van der Waals surface area contributed by atoms with Gasteiger partial charge in [-0.15, -0.1) is 0 Å². The summed E-state index contributed by atoms with van der Waals surface area (Å²) in [5.41, 5.74) is 0.889. The van der Waals surface area contributed by atoms with Crippen molar-refractivity contribution >= 4 is 47.2 Å². The lowest BCUT2D eigenvalue weighted by atomic mass is 10.2. The highest BCUT2D eigenvalue weighted by Crippen LogP contribution is 2.54. The van der Waals surface area contributed by atoms with Gasteiger partial charge in [-0.05, 0) is 75.9 Å². The largest absolute Gasteiger partial charge is 0.506 e. The van der Waals surface area contributed by atoms with Gasteiger partial charge in [0.05, 0.1) is 37.0 Å². The Morgan fingerprint density at radius 2 is 1.08 bits per heavy atom. The van der Waals surface area contributed by atoms with Crippen molar-refractivity contribution in [1.82, 2.24) is 0 Å². The third-order valence-electron chi connectivity index (χ3n) is 3.00. The zero-order valence-electron chi connectivity index (χ0n) is 14.8. The fourth-order valence-electron chi connectivity index (χ4n) is 2.19. The molecule has 0 saturated heterocycles. The molecule has 138 valence electrons. The number of hydrogen-bond acceptors (Lipinski definition) is 7. The van der Waals surface area contributed by atoms with Gasteiger partial charge >= 0.3 is 0 Å². The summed E-state index contributed by atoms with van der Waals surface area (Å²) in [7, 11) is 0. The van der Waals surface area contributed by atoms with Gasteiger partial charge in [-0.1, -0.05) is 0 Å². The van der Waals surface area contributed by atoms with E-state index in [0.717, 1.165) is 5.56 Å². The molecule has 1 aromatic carbocycles. The first kappa shape index (κ1) is 22.2. The summed E-state index contributed by atoms with van der Waals surface area (Å²) in [6.07, 6.45) is 0. The van der Waals surface area contributed by atoms with Crippen LogP contribution >= 0.6 is 13.0 Å². The molecule has 0 radical (unpaired) electrons. The molecule has 0 aromatic heterocycles. The number of phenols is 1. The Bertz CT molecular complexity index is 580. The van der Waals surface area contributed by atoms with Gasteiger partial charge in [-0.2, -0.15) is 0 Å². The van der Waals surface area contributed by atoms with Crippen LogP contribution in [-0.4, -0.2) is 31.5 Å². The monoisotopic (exact) mass is 412 g/mol. The molecule has 1 N–H and O–H groups in total. The molecule has 0 aliphatic heterocycles. The van der Waals surface area contributed by atoms with E-state index in [1.807, 2.05) is 34.6 Å². The molecule has 24 heavy (non-hydrogen) atoms. The molecule has 0 spiro atoms. The Hall–Kier alpha value is 0.160. The molecule has 1 rings (SSSR count). The summed E-state index contributed by atoms with van der Waals surface area (Å²) in [5, 5.41) is 11.8. The Kier molecular flexibility index (Phi) is 9.02. The molecule has 0 aliphatic rings. The van der Waals surface area contributed by atoms with Crippen molar-refractivity contribution in [3.63, 3.8) is 0 Å². The van der Waals surface area contributed by atoms with E-state index in [1.54, 1.807) is 12.1 Å². The standard InChI is InChI=1S/C15H26O5P2S2/c1-6-17-21(23,18-7-2)13-10-12(5)11-14(15(13)16)22(24,19-8-3)20-9-4/h10-11,16H,6-9H2,1-5H3. The Labute approximate surface area is 155 Å².